The van der Waals surface area contributed by atoms with Crippen molar-refractivity contribution in [2.75, 3.05) is 38.2 Å². The van der Waals surface area contributed by atoms with E-state index in [1.807, 2.05) is 49.4 Å². The normalized spacial score (nSPS) is 17.1. The van der Waals surface area contributed by atoms with E-state index in [2.05, 4.69) is 68.4 Å². The third-order valence-corrected chi connectivity index (χ3v) is 12.2. The molecule has 1 fully saturated rings. The van der Waals surface area contributed by atoms with Crippen molar-refractivity contribution < 1.29 is 24.5 Å². The number of hydrogen-bond donors (Lipinski definition) is 4. The van der Waals surface area contributed by atoms with Crippen LogP contribution in [-0.2, 0) is 14.3 Å². The molecule has 8 heteroatoms. The molecular formula is C55H83N3O5. The molecule has 0 unspecified atom stereocenters. The number of hydrogen-bond acceptors (Lipinski definition) is 6. The first-order valence-electron chi connectivity index (χ1n) is 24.2. The molecule has 1 aliphatic carbocycles. The molecule has 0 bridgehead atoms. The van der Waals surface area contributed by atoms with Crippen molar-refractivity contribution in [3.63, 3.8) is 0 Å². The number of rotatable bonds is 25. The topological polar surface area (TPSA) is 111 Å². The molecule has 2 aromatic carbocycles. The van der Waals surface area contributed by atoms with Crippen LogP contribution in [0, 0.1) is 5.41 Å². The van der Waals surface area contributed by atoms with Gasteiger partial charge in [-0.1, -0.05) is 170 Å². The zero-order chi connectivity index (χ0) is 45.7. The van der Waals surface area contributed by atoms with E-state index in [-0.39, 0.29) is 29.0 Å². The van der Waals surface area contributed by atoms with E-state index in [1.54, 1.807) is 30.3 Å². The van der Waals surface area contributed by atoms with Crippen LogP contribution >= 0.6 is 0 Å². The average molecular weight is 866 g/mol. The molecule has 4 N–H and O–H groups in total. The molecule has 0 saturated carbocycles. The fourth-order valence-electron chi connectivity index (χ4n) is 8.36. The molecule has 8 nitrogen and oxygen atoms in total. The lowest BCUT2D eigenvalue weighted by molar-refractivity contribution is -0.123. The minimum atomic E-state index is -0.709. The first kappa shape index (κ1) is 53.1. The third-order valence-electron chi connectivity index (χ3n) is 12.2. The second-order valence-electron chi connectivity index (χ2n) is 18.4. The number of phenolic OH excluding ortho intramolecular Hbond substituents is 1. The number of aliphatic hydroxyl groups excluding tert-OH is 1. The highest BCUT2D eigenvalue weighted by atomic mass is 16.5. The number of carbonyl (C=O) groups excluding carboxylic acids is 2. The Balaban J connectivity index is 0.000000340. The smallest absolute Gasteiger partial charge is 0.248 e. The Morgan fingerprint density at radius 3 is 2.03 bits per heavy atom. The van der Waals surface area contributed by atoms with E-state index in [9.17, 15) is 19.8 Å². The Kier molecular flexibility index (Phi) is 25.9. The van der Waals surface area contributed by atoms with Crippen molar-refractivity contribution in [1.82, 2.24) is 10.2 Å². The second kappa shape index (κ2) is 30.8. The van der Waals surface area contributed by atoms with Crippen LogP contribution in [0.3, 0.4) is 0 Å². The fraction of sp³-hybridized carbons (Fsp3) is 0.564. The minimum absolute atomic E-state index is 0.0521. The molecule has 2 aromatic rings. The van der Waals surface area contributed by atoms with Crippen molar-refractivity contribution in [2.45, 2.75) is 163 Å². The molecule has 2 atom stereocenters. The Morgan fingerprint density at radius 2 is 1.43 bits per heavy atom. The molecule has 1 saturated heterocycles. The van der Waals surface area contributed by atoms with Crippen molar-refractivity contribution in [2.24, 2.45) is 5.41 Å². The summed E-state index contributed by atoms with van der Waals surface area (Å²) in [4.78, 5) is 27.0. The number of phenols is 1. The van der Waals surface area contributed by atoms with Gasteiger partial charge < -0.3 is 25.6 Å². The number of amides is 2. The fourth-order valence-corrected chi connectivity index (χ4v) is 8.36. The van der Waals surface area contributed by atoms with Crippen molar-refractivity contribution >= 4 is 17.5 Å². The van der Waals surface area contributed by atoms with Gasteiger partial charge in [-0.25, -0.2) is 0 Å². The summed E-state index contributed by atoms with van der Waals surface area (Å²) < 4.78 is 5.45. The highest BCUT2D eigenvalue weighted by Crippen LogP contribution is 2.40. The van der Waals surface area contributed by atoms with Gasteiger partial charge in [0, 0.05) is 37.8 Å². The van der Waals surface area contributed by atoms with Gasteiger partial charge in [-0.15, -0.1) is 0 Å². The molecule has 1 aliphatic heterocycles. The van der Waals surface area contributed by atoms with Gasteiger partial charge in [0.05, 0.1) is 19.3 Å². The van der Waals surface area contributed by atoms with Crippen LogP contribution in [0.15, 0.2) is 113 Å². The standard InChI is InChI=1S/C29H50N2O3.C26H33NO2/c1-2-3-4-5-6-7-8-9-10-11-12-13-17-20-28(32)30-27(25-31-21-23-34-24-22-31)29(33)26-18-15-14-16-19-26;1-19(11-16-24-21(3)10-7-17-26(24,4)5)8-6-9-20(2)18-25(29)27-22-12-14-23(28)15-13-22/h14-16,18-19,27,29,33H,2-13,17,20-25H2,1H3,(H,30,32);6,8-9,11-16,18,28H,7,10,17H2,1-5H3,(H,27,29)/b;9-6+,16-11+,19-8+,20-18+/t27-,29-;/m0./s1. The molecule has 63 heavy (non-hydrogen) atoms. The number of nitrogens with zero attached hydrogens (tertiary/aromatic N) is 1. The Labute approximate surface area is 382 Å². The van der Waals surface area contributed by atoms with Crippen LogP contribution in [0.2, 0.25) is 0 Å². The Morgan fingerprint density at radius 1 is 0.825 bits per heavy atom. The van der Waals surface area contributed by atoms with E-state index < -0.39 is 6.10 Å². The summed E-state index contributed by atoms with van der Waals surface area (Å²) in [5, 5.41) is 26.2. The number of allylic oxidation sites excluding steroid dienone is 9. The molecule has 0 spiro atoms. The van der Waals surface area contributed by atoms with Gasteiger partial charge in [0.2, 0.25) is 11.8 Å². The lowest BCUT2D eigenvalue weighted by Crippen LogP contribution is -2.49. The lowest BCUT2D eigenvalue weighted by Gasteiger charge is -2.33. The predicted octanol–water partition coefficient (Wildman–Crippen LogP) is 12.9. The number of benzene rings is 2. The maximum Gasteiger partial charge on any atom is 0.248 e. The molecule has 2 aliphatic rings. The molecular weight excluding hydrogens is 783 g/mol. The molecule has 2 amide bonds. The number of carbonyl (C=O) groups is 2. The zero-order valence-corrected chi connectivity index (χ0v) is 39.9. The maximum atomic E-state index is 12.7. The van der Waals surface area contributed by atoms with Crippen LogP contribution < -0.4 is 10.6 Å². The van der Waals surface area contributed by atoms with E-state index in [1.165, 1.54) is 107 Å². The van der Waals surface area contributed by atoms with Gasteiger partial charge in [0.15, 0.2) is 0 Å². The van der Waals surface area contributed by atoms with Crippen LogP contribution in [0.5, 0.6) is 5.75 Å². The summed E-state index contributed by atoms with van der Waals surface area (Å²) in [6.07, 6.45) is 32.4. The number of morpholine rings is 1. The summed E-state index contributed by atoms with van der Waals surface area (Å²) in [7, 11) is 0. The van der Waals surface area contributed by atoms with Gasteiger partial charge in [0.1, 0.15) is 11.9 Å². The van der Waals surface area contributed by atoms with Gasteiger partial charge in [0.25, 0.3) is 0 Å². The zero-order valence-electron chi connectivity index (χ0n) is 39.9. The molecule has 0 aromatic heterocycles. The van der Waals surface area contributed by atoms with Crippen molar-refractivity contribution in [3.8, 4) is 5.75 Å². The minimum Gasteiger partial charge on any atom is -0.508 e. The van der Waals surface area contributed by atoms with Gasteiger partial charge in [-0.2, -0.15) is 0 Å². The van der Waals surface area contributed by atoms with Crippen LogP contribution in [0.25, 0.3) is 0 Å². The maximum absolute atomic E-state index is 12.7. The largest absolute Gasteiger partial charge is 0.508 e. The summed E-state index contributed by atoms with van der Waals surface area (Å²) in [6.45, 7) is 16.9. The van der Waals surface area contributed by atoms with E-state index in [0.717, 1.165) is 37.1 Å². The first-order chi connectivity index (χ1) is 30.4. The van der Waals surface area contributed by atoms with E-state index in [4.69, 9.17) is 4.74 Å². The Bertz CT molecular complexity index is 1750. The molecule has 1 heterocycles. The second-order valence-corrected chi connectivity index (χ2v) is 18.4. The number of nitrogens with one attached hydrogen (secondary N) is 2. The number of aliphatic hydroxyl groups is 1. The first-order valence-corrected chi connectivity index (χ1v) is 24.2. The van der Waals surface area contributed by atoms with Crippen LogP contribution in [0.1, 0.15) is 162 Å². The van der Waals surface area contributed by atoms with Crippen LogP contribution in [-0.4, -0.2) is 65.8 Å². The van der Waals surface area contributed by atoms with E-state index >= 15 is 0 Å². The van der Waals surface area contributed by atoms with Gasteiger partial charge >= 0.3 is 0 Å². The van der Waals surface area contributed by atoms with E-state index in [0.29, 0.717) is 31.9 Å². The van der Waals surface area contributed by atoms with Crippen molar-refractivity contribution in [1.29, 1.82) is 0 Å². The highest BCUT2D eigenvalue weighted by molar-refractivity contribution is 6.00. The van der Waals surface area contributed by atoms with Gasteiger partial charge in [-0.05, 0) is 92.8 Å². The quantitative estimate of drug-likeness (QED) is 0.0342. The Hall–Kier alpha value is -4.24. The summed E-state index contributed by atoms with van der Waals surface area (Å²) in [6, 6.07) is 15.8. The van der Waals surface area contributed by atoms with Gasteiger partial charge in [-0.3, -0.25) is 14.5 Å². The number of unbranched alkanes of at least 4 members (excludes halogenated alkanes) is 12. The van der Waals surface area contributed by atoms with Crippen LogP contribution in [0.4, 0.5) is 5.69 Å². The molecule has 4 rings (SSSR count). The molecule has 348 valence electrons. The number of anilines is 1. The highest BCUT2D eigenvalue weighted by Gasteiger charge is 2.27. The average Bonchev–Trinajstić information content (AvgIpc) is 3.26. The third kappa shape index (κ3) is 22.8. The summed E-state index contributed by atoms with van der Waals surface area (Å²) >= 11 is 0. The number of ether oxygens (including phenoxy) is 1. The van der Waals surface area contributed by atoms with Crippen molar-refractivity contribution in [3.05, 3.63) is 119 Å². The number of aromatic hydroxyl groups is 1. The summed E-state index contributed by atoms with van der Waals surface area (Å²) in [5.74, 6) is 0.0315. The summed E-state index contributed by atoms with van der Waals surface area (Å²) in [5.41, 5.74) is 6.74. The monoisotopic (exact) mass is 866 g/mol. The molecule has 0 radical (unpaired) electrons. The lowest BCUT2D eigenvalue weighted by atomic mass is 9.72. The SMILES string of the molecule is CC1=C(/C=C/C(C)=C/C=C/C(C)=C/C(=O)Nc2ccc(O)cc2)C(C)(C)CCC1.CCCCCCCCCCCCCCCC(=O)N[C@@H](CN1CCOCC1)[C@@H](O)c1ccccc1. The predicted molar refractivity (Wildman–Crippen MR) is 264 cm³/mol.